The Balaban J connectivity index is 2.30. The Morgan fingerprint density at radius 1 is 0.750 bits per heavy atom. The molecule has 0 saturated carbocycles. The minimum atomic E-state index is -1.03. The van der Waals surface area contributed by atoms with Gasteiger partial charge in [0.15, 0.2) is 0 Å². The van der Waals surface area contributed by atoms with Crippen molar-refractivity contribution in [1.82, 2.24) is 0 Å². The van der Waals surface area contributed by atoms with E-state index in [1.54, 1.807) is 0 Å². The molecule has 0 saturated heterocycles. The average molecular weight is 267 g/mol. The lowest BCUT2D eigenvalue weighted by Crippen LogP contribution is -1.88. The van der Waals surface area contributed by atoms with Crippen molar-refractivity contribution in [3.05, 3.63) is 59.7 Å². The smallest absolute Gasteiger partial charge is 0.0771 e. The highest BCUT2D eigenvalue weighted by atomic mass is 35.9. The summed E-state index contributed by atoms with van der Waals surface area (Å²) in [6.07, 6.45) is 0. The lowest BCUT2D eigenvalue weighted by atomic mass is 10.1. The van der Waals surface area contributed by atoms with Crippen molar-refractivity contribution in [2.24, 2.45) is 0 Å². The summed E-state index contributed by atoms with van der Waals surface area (Å²) < 4.78 is 0. The topological polar surface area (TPSA) is 0 Å². The highest BCUT2D eigenvalue weighted by molar-refractivity contribution is 8.04. The molecule has 0 fully saturated rings. The molecule has 2 aromatic rings. The molecule has 2 aromatic carbocycles. The molecule has 0 heterocycles. The Bertz CT molecular complexity index is 491. The van der Waals surface area contributed by atoms with E-state index in [4.69, 9.17) is 22.5 Å². The fourth-order valence-corrected chi connectivity index (χ4v) is 4.47. The van der Waals surface area contributed by atoms with Gasteiger partial charge in [0, 0.05) is 0 Å². The van der Waals surface area contributed by atoms with Gasteiger partial charge in [0.1, 0.15) is 0 Å². The van der Waals surface area contributed by atoms with Gasteiger partial charge in [-0.15, -0.1) is 0 Å². The Hall–Kier alpha value is -0.550. The molecule has 0 radical (unpaired) electrons. The predicted octanol–water partition coefficient (Wildman–Crippen LogP) is 5.55. The van der Waals surface area contributed by atoms with Crippen molar-refractivity contribution in [2.75, 3.05) is 0 Å². The molecule has 0 spiro atoms. The van der Waals surface area contributed by atoms with Gasteiger partial charge in [0.05, 0.1) is 12.3 Å². The molecule has 16 heavy (non-hydrogen) atoms. The zero-order valence-electron chi connectivity index (χ0n) is 8.40. The van der Waals surface area contributed by atoms with Crippen LogP contribution < -0.4 is 0 Å². The molecule has 0 nitrogen and oxygen atoms in total. The molecule has 0 N–H and O–H groups in total. The Morgan fingerprint density at radius 2 is 1.19 bits per heavy atom. The summed E-state index contributed by atoms with van der Waals surface area (Å²) in [5, 5.41) is 0. The molecule has 1 aliphatic carbocycles. The molecule has 0 unspecified atom stereocenters. The summed E-state index contributed by atoms with van der Waals surface area (Å²) in [7, 11) is 0. The van der Waals surface area contributed by atoms with Crippen LogP contribution in [0, 0.1) is 0 Å². The number of rotatable bonds is 1. The standard InChI is InChI=1S/C13H9Cl2P/c14-16(15)13-11-7-3-1-5-9(11)10-6-2-4-8-12(10)13/h1-8,13H. The summed E-state index contributed by atoms with van der Waals surface area (Å²) in [4.78, 5) is 0. The molecule has 0 aromatic heterocycles. The van der Waals surface area contributed by atoms with Gasteiger partial charge in [-0.3, -0.25) is 0 Å². The molecule has 0 aliphatic heterocycles. The van der Waals surface area contributed by atoms with Gasteiger partial charge in [0.2, 0.25) is 0 Å². The molecule has 80 valence electrons. The van der Waals surface area contributed by atoms with Crippen LogP contribution in [-0.2, 0) is 0 Å². The molecule has 1 aliphatic rings. The third kappa shape index (κ3) is 1.49. The minimum absolute atomic E-state index is 0.172. The van der Waals surface area contributed by atoms with Crippen LogP contribution in [0.1, 0.15) is 16.8 Å². The number of benzene rings is 2. The van der Waals surface area contributed by atoms with E-state index < -0.39 is 6.63 Å². The highest BCUT2D eigenvalue weighted by Crippen LogP contribution is 2.67. The lowest BCUT2D eigenvalue weighted by molar-refractivity contribution is 1.22. The predicted molar refractivity (Wildman–Crippen MR) is 72.3 cm³/mol. The summed E-state index contributed by atoms with van der Waals surface area (Å²) in [6.45, 7) is -1.03. The maximum atomic E-state index is 6.17. The lowest BCUT2D eigenvalue weighted by Gasteiger charge is -2.13. The van der Waals surface area contributed by atoms with Gasteiger partial charge in [-0.2, -0.15) is 0 Å². The molecule has 0 atom stereocenters. The van der Waals surface area contributed by atoms with Crippen molar-refractivity contribution >= 4 is 29.1 Å². The van der Waals surface area contributed by atoms with Gasteiger partial charge in [-0.05, 0) is 22.3 Å². The summed E-state index contributed by atoms with van der Waals surface area (Å²) >= 11 is 12.3. The molecular weight excluding hydrogens is 258 g/mol. The molecule has 0 amide bonds. The van der Waals surface area contributed by atoms with Gasteiger partial charge >= 0.3 is 0 Å². The Morgan fingerprint density at radius 3 is 1.62 bits per heavy atom. The number of fused-ring (bicyclic) bond motifs is 3. The molecule has 0 bridgehead atoms. The van der Waals surface area contributed by atoms with Gasteiger partial charge < -0.3 is 0 Å². The monoisotopic (exact) mass is 266 g/mol. The summed E-state index contributed by atoms with van der Waals surface area (Å²) in [5.41, 5.74) is 5.25. The van der Waals surface area contributed by atoms with Gasteiger partial charge in [0.25, 0.3) is 0 Å². The van der Waals surface area contributed by atoms with Crippen molar-refractivity contribution in [3.8, 4) is 11.1 Å². The summed E-state index contributed by atoms with van der Waals surface area (Å²) in [5.74, 6) is 0. The Kier molecular flexibility index (Phi) is 2.67. The minimum Gasteiger partial charge on any atom is -0.0771 e. The number of hydrogen-bond acceptors (Lipinski definition) is 0. The van der Waals surface area contributed by atoms with E-state index in [9.17, 15) is 0 Å². The second kappa shape index (κ2) is 4.04. The zero-order valence-corrected chi connectivity index (χ0v) is 10.8. The van der Waals surface area contributed by atoms with Crippen LogP contribution in [0.15, 0.2) is 48.5 Å². The van der Waals surface area contributed by atoms with Crippen LogP contribution in [0.5, 0.6) is 0 Å². The fourth-order valence-electron chi connectivity index (χ4n) is 2.34. The van der Waals surface area contributed by atoms with Crippen molar-refractivity contribution in [3.63, 3.8) is 0 Å². The molecule has 3 heteroatoms. The summed E-state index contributed by atoms with van der Waals surface area (Å²) in [6, 6.07) is 16.7. The van der Waals surface area contributed by atoms with E-state index in [1.807, 2.05) is 12.1 Å². The maximum absolute atomic E-state index is 6.17. The van der Waals surface area contributed by atoms with Crippen LogP contribution in [0.2, 0.25) is 0 Å². The average Bonchev–Trinajstić information content (AvgIpc) is 2.63. The molecular formula is C13H9Cl2P. The first-order chi connectivity index (χ1) is 7.79. The van der Waals surface area contributed by atoms with E-state index in [0.717, 1.165) is 0 Å². The van der Waals surface area contributed by atoms with E-state index in [-0.39, 0.29) is 5.66 Å². The Labute approximate surface area is 106 Å². The first-order valence-electron chi connectivity index (χ1n) is 5.08. The normalized spacial score (nSPS) is 13.9. The third-order valence-electron chi connectivity index (χ3n) is 3.00. The first-order valence-corrected chi connectivity index (χ1v) is 8.30. The van der Waals surface area contributed by atoms with Crippen LogP contribution in [0.25, 0.3) is 11.1 Å². The zero-order chi connectivity index (χ0) is 11.1. The van der Waals surface area contributed by atoms with Crippen molar-refractivity contribution < 1.29 is 0 Å². The fraction of sp³-hybridized carbons (Fsp3) is 0.0769. The van der Waals surface area contributed by atoms with Crippen LogP contribution in [0.3, 0.4) is 0 Å². The van der Waals surface area contributed by atoms with Gasteiger partial charge in [-0.1, -0.05) is 71.0 Å². The van der Waals surface area contributed by atoms with Crippen molar-refractivity contribution in [2.45, 2.75) is 5.66 Å². The highest BCUT2D eigenvalue weighted by Gasteiger charge is 2.32. The maximum Gasteiger partial charge on any atom is 0.0976 e. The van der Waals surface area contributed by atoms with E-state index in [0.29, 0.717) is 0 Å². The number of hydrogen-bond donors (Lipinski definition) is 0. The van der Waals surface area contributed by atoms with Crippen molar-refractivity contribution in [1.29, 1.82) is 0 Å². The number of halogens is 2. The largest absolute Gasteiger partial charge is 0.0976 e. The third-order valence-corrected chi connectivity index (χ3v) is 5.11. The second-order valence-electron chi connectivity index (χ2n) is 3.84. The van der Waals surface area contributed by atoms with Crippen LogP contribution in [0.4, 0.5) is 0 Å². The van der Waals surface area contributed by atoms with E-state index in [1.165, 1.54) is 22.3 Å². The SMILES string of the molecule is ClP(Cl)C1c2ccccc2-c2ccccc21. The first kappa shape index (κ1) is 10.6. The van der Waals surface area contributed by atoms with E-state index in [2.05, 4.69) is 36.4 Å². The van der Waals surface area contributed by atoms with Gasteiger partial charge in [-0.25, -0.2) is 0 Å². The van der Waals surface area contributed by atoms with Crippen LogP contribution >= 0.6 is 29.1 Å². The van der Waals surface area contributed by atoms with E-state index >= 15 is 0 Å². The second-order valence-corrected chi connectivity index (χ2v) is 7.58. The quantitative estimate of drug-likeness (QED) is 0.594. The van der Waals surface area contributed by atoms with Crippen LogP contribution in [-0.4, -0.2) is 0 Å². The molecule has 3 rings (SSSR count).